The Hall–Kier alpha value is -5.48. The van der Waals surface area contributed by atoms with Crippen molar-refractivity contribution < 1.29 is 38.2 Å². The number of piperidine rings is 1. The summed E-state index contributed by atoms with van der Waals surface area (Å²) in [7, 11) is 1.72. The van der Waals surface area contributed by atoms with Crippen LogP contribution in [0.5, 0.6) is 0 Å². The average Bonchev–Trinajstić information content (AvgIpc) is 3.78. The van der Waals surface area contributed by atoms with Crippen molar-refractivity contribution in [1.29, 1.82) is 0 Å². The van der Waals surface area contributed by atoms with Crippen molar-refractivity contribution >= 4 is 46.1 Å². The fraction of sp³-hybridized carbons (Fsp3) is 0.529. The standard InChI is InChI=1S/C51H66N6O9/c1-33(38(21-24-45(53)59)31-44(58)43-30-39-13-6-11-37-20-22-40(52)50(62)57(43)47(37)39)66-32-35-18-16-34(17-19-35)10-8-28-64-26-4-3-5-27-65-29-9-14-36-12-7-15-41-48(36)55(2)51(63)56(41)42-23-25-46(60)54-49(42)61/h6-7,11-13,15-19,33,38,40,42-43H,3-5,8-10,14,20-32,52H2,1-2H3,(H2,53,59)(H,54,60,61)/t33-,38-,40+,42?,43+/m1/s1. The highest BCUT2D eigenvalue weighted by atomic mass is 16.5. The molecule has 3 aliphatic heterocycles. The first-order valence-electron chi connectivity index (χ1n) is 23.8. The molecular weight excluding hydrogens is 841 g/mol. The van der Waals surface area contributed by atoms with Crippen molar-refractivity contribution in [2.45, 2.75) is 134 Å². The normalized spacial score (nSPS) is 19.2. The summed E-state index contributed by atoms with van der Waals surface area (Å²) in [6, 6.07) is 18.1. The van der Waals surface area contributed by atoms with Crippen molar-refractivity contribution in [3.8, 4) is 0 Å². The largest absolute Gasteiger partial charge is 0.381 e. The molecule has 15 nitrogen and oxygen atoms in total. The maximum Gasteiger partial charge on any atom is 0.329 e. The molecule has 0 bridgehead atoms. The SMILES string of the molecule is C[C@@H](OCc1ccc(CCCOCCCCCOCCCc2cccc3c2n(C)c(=O)n3C2CCC(=O)NC2=O)cc1)[C@H](CCC(N)=O)CC(=O)[C@@H]1Cc2cccc3c2N1C(=O)[C@@H](N)CC3. The summed E-state index contributed by atoms with van der Waals surface area (Å²) < 4.78 is 21.2. The van der Waals surface area contributed by atoms with Gasteiger partial charge in [0.05, 0.1) is 41.5 Å². The zero-order valence-corrected chi connectivity index (χ0v) is 38.5. The number of nitrogens with two attached hydrogens (primary N) is 2. The summed E-state index contributed by atoms with van der Waals surface area (Å²) in [5.41, 5.74) is 19.2. The molecule has 15 heteroatoms. The zero-order valence-electron chi connectivity index (χ0n) is 38.5. The van der Waals surface area contributed by atoms with E-state index in [1.807, 2.05) is 43.3 Å². The van der Waals surface area contributed by atoms with Gasteiger partial charge >= 0.3 is 5.69 Å². The number of imidazole rings is 1. The van der Waals surface area contributed by atoms with Crippen molar-refractivity contribution in [2.75, 3.05) is 31.3 Å². The number of nitrogens with zero attached hydrogens (tertiary/aromatic N) is 3. The summed E-state index contributed by atoms with van der Waals surface area (Å²) in [5.74, 6) is -1.69. The van der Waals surface area contributed by atoms with Crippen LogP contribution < -0.4 is 27.4 Å². The number of aromatic nitrogens is 2. The minimum atomic E-state index is -0.699. The van der Waals surface area contributed by atoms with Crippen LogP contribution in [0.2, 0.25) is 0 Å². The van der Waals surface area contributed by atoms with E-state index in [4.69, 9.17) is 25.7 Å². The van der Waals surface area contributed by atoms with E-state index < -0.39 is 29.9 Å². The Balaban J connectivity index is 0.755. The number of ether oxygens (including phenoxy) is 3. The first-order valence-corrected chi connectivity index (χ1v) is 23.8. The number of para-hydroxylation sites is 2. The monoisotopic (exact) mass is 906 g/mol. The van der Waals surface area contributed by atoms with Crippen LogP contribution in [-0.4, -0.2) is 83.2 Å². The van der Waals surface area contributed by atoms with E-state index in [-0.39, 0.29) is 54.6 Å². The van der Waals surface area contributed by atoms with Crippen LogP contribution in [0.25, 0.3) is 11.0 Å². The number of aryl methyl sites for hydroxylation is 4. The number of benzene rings is 3. The Bertz CT molecular complexity index is 2430. The number of fused-ring (bicyclic) bond motifs is 1. The summed E-state index contributed by atoms with van der Waals surface area (Å²) in [5, 5.41) is 2.36. The molecular formula is C51H66N6O9. The lowest BCUT2D eigenvalue weighted by Gasteiger charge is -2.29. The lowest BCUT2D eigenvalue weighted by Crippen LogP contribution is -2.50. The van der Waals surface area contributed by atoms with Crippen LogP contribution in [-0.2, 0) is 77.5 Å². The number of imide groups is 1. The zero-order chi connectivity index (χ0) is 46.7. The molecule has 1 aromatic heterocycles. The molecule has 0 spiro atoms. The average molecular weight is 907 g/mol. The number of anilines is 1. The predicted molar refractivity (Wildman–Crippen MR) is 251 cm³/mol. The summed E-state index contributed by atoms with van der Waals surface area (Å²) in [6.45, 7) is 4.98. The van der Waals surface area contributed by atoms with E-state index in [0.717, 1.165) is 78.4 Å². The highest BCUT2D eigenvalue weighted by Gasteiger charge is 2.43. The number of amides is 4. The Morgan fingerprint density at radius 2 is 1.50 bits per heavy atom. The van der Waals surface area contributed by atoms with Crippen LogP contribution in [0.15, 0.2) is 65.5 Å². The summed E-state index contributed by atoms with van der Waals surface area (Å²) >= 11 is 0. The maximum atomic E-state index is 14.0. The minimum Gasteiger partial charge on any atom is -0.381 e. The smallest absolute Gasteiger partial charge is 0.329 e. The van der Waals surface area contributed by atoms with Gasteiger partial charge in [0, 0.05) is 59.2 Å². The van der Waals surface area contributed by atoms with E-state index in [1.54, 1.807) is 16.5 Å². The molecule has 0 radical (unpaired) electrons. The summed E-state index contributed by atoms with van der Waals surface area (Å²) in [4.78, 5) is 78.2. The Morgan fingerprint density at radius 3 is 2.23 bits per heavy atom. The van der Waals surface area contributed by atoms with Gasteiger partial charge in [-0.05, 0) is 117 Å². The molecule has 5 atom stereocenters. The number of unbranched alkanes of at least 4 members (excludes halogenated alkanes) is 2. The molecule has 3 aliphatic rings. The fourth-order valence-electron chi connectivity index (χ4n) is 9.78. The molecule has 4 heterocycles. The quantitative estimate of drug-likeness (QED) is 0.0595. The third-order valence-electron chi connectivity index (χ3n) is 13.5. The lowest BCUT2D eigenvalue weighted by molar-refractivity contribution is -0.135. The number of nitrogens with one attached hydrogen (secondary N) is 1. The van der Waals surface area contributed by atoms with E-state index >= 15 is 0 Å². The number of hydrogen-bond donors (Lipinski definition) is 3. The van der Waals surface area contributed by atoms with Gasteiger partial charge in [-0.2, -0.15) is 0 Å². The van der Waals surface area contributed by atoms with E-state index in [9.17, 15) is 28.8 Å². The second kappa shape index (κ2) is 22.8. The van der Waals surface area contributed by atoms with Crippen molar-refractivity contribution in [1.82, 2.24) is 14.5 Å². The number of primary amides is 1. The molecule has 66 heavy (non-hydrogen) atoms. The molecule has 1 fully saturated rings. The molecule has 0 aliphatic carbocycles. The van der Waals surface area contributed by atoms with Gasteiger partial charge in [0.15, 0.2) is 5.78 Å². The first-order chi connectivity index (χ1) is 31.9. The van der Waals surface area contributed by atoms with Gasteiger partial charge in [0.25, 0.3) is 0 Å². The number of Topliss-reactive ketones (excluding diaryl/α,β-unsaturated/α-hetero) is 1. The van der Waals surface area contributed by atoms with E-state index in [2.05, 4.69) is 29.6 Å². The number of carbonyl (C=O) groups is 5. The number of rotatable bonds is 25. The molecule has 4 aromatic rings. The van der Waals surface area contributed by atoms with Gasteiger partial charge in [0.1, 0.15) is 6.04 Å². The molecule has 4 amide bonds. The highest BCUT2D eigenvalue weighted by molar-refractivity contribution is 6.07. The number of carbonyl (C=O) groups excluding carboxylic acids is 5. The van der Waals surface area contributed by atoms with Crippen LogP contribution >= 0.6 is 0 Å². The third-order valence-corrected chi connectivity index (χ3v) is 13.5. The minimum absolute atomic E-state index is 0.0572. The van der Waals surface area contributed by atoms with Crippen molar-refractivity contribution in [3.05, 3.63) is 99.0 Å². The van der Waals surface area contributed by atoms with Gasteiger partial charge in [-0.25, -0.2) is 4.79 Å². The molecule has 354 valence electrons. The van der Waals surface area contributed by atoms with Crippen LogP contribution in [0.4, 0.5) is 5.69 Å². The van der Waals surface area contributed by atoms with Gasteiger partial charge in [0.2, 0.25) is 23.6 Å². The molecule has 5 N–H and O–H groups in total. The maximum absolute atomic E-state index is 14.0. The third kappa shape index (κ3) is 11.7. The predicted octanol–water partition coefficient (Wildman–Crippen LogP) is 5.06. The highest BCUT2D eigenvalue weighted by Crippen LogP contribution is 2.40. The van der Waals surface area contributed by atoms with Crippen molar-refractivity contribution in [2.24, 2.45) is 24.4 Å². The summed E-state index contributed by atoms with van der Waals surface area (Å²) in [6.07, 6.45) is 8.90. The number of hydrogen-bond acceptors (Lipinski definition) is 10. The van der Waals surface area contributed by atoms with Gasteiger partial charge in [-0.1, -0.05) is 54.6 Å². The second-order valence-electron chi connectivity index (χ2n) is 18.2. The molecule has 0 saturated carbocycles. The lowest BCUT2D eigenvalue weighted by atomic mass is 9.89. The second-order valence-corrected chi connectivity index (χ2v) is 18.2. The molecule has 1 unspecified atom stereocenters. The molecule has 1 saturated heterocycles. The Morgan fingerprint density at radius 1 is 0.818 bits per heavy atom. The topological polar surface area (TPSA) is 207 Å². The van der Waals surface area contributed by atoms with Crippen LogP contribution in [0.1, 0.15) is 111 Å². The van der Waals surface area contributed by atoms with Gasteiger partial charge in [-0.3, -0.25) is 43.3 Å². The van der Waals surface area contributed by atoms with Crippen LogP contribution in [0, 0.1) is 5.92 Å². The van der Waals surface area contributed by atoms with Crippen LogP contribution in [0.3, 0.4) is 0 Å². The Labute approximate surface area is 386 Å². The first kappa shape index (κ1) is 48.5. The fourth-order valence-corrected chi connectivity index (χ4v) is 9.78. The van der Waals surface area contributed by atoms with Crippen molar-refractivity contribution in [3.63, 3.8) is 0 Å². The van der Waals surface area contributed by atoms with E-state index in [1.165, 1.54) is 10.1 Å². The Kier molecular flexibility index (Phi) is 16.7. The van der Waals surface area contributed by atoms with E-state index in [0.29, 0.717) is 70.7 Å². The molecule has 7 rings (SSSR count). The van der Waals surface area contributed by atoms with Gasteiger partial charge in [-0.15, -0.1) is 0 Å². The molecule has 3 aromatic carbocycles. The number of ketones is 1. The van der Waals surface area contributed by atoms with Gasteiger partial charge < -0.3 is 25.7 Å².